The number of carbonyl (C=O) groups excluding carboxylic acids is 1. The molecule has 8 heteroatoms. The number of carbonyl (C=O) groups is 1. The zero-order valence-electron chi connectivity index (χ0n) is 17.7. The fourth-order valence-electron chi connectivity index (χ4n) is 4.86. The van der Waals surface area contributed by atoms with Crippen LogP contribution >= 0.6 is 11.3 Å². The Morgan fingerprint density at radius 1 is 1.00 bits per heavy atom. The molecule has 0 unspecified atom stereocenters. The topological polar surface area (TPSA) is 70.8 Å². The number of nitrogens with zero attached hydrogens (tertiary/aromatic N) is 5. The number of pyridine rings is 2. The molecule has 0 saturated carbocycles. The van der Waals surface area contributed by atoms with Gasteiger partial charge in [0.05, 0.1) is 10.9 Å². The molecule has 1 fully saturated rings. The van der Waals surface area contributed by atoms with E-state index in [4.69, 9.17) is 4.98 Å². The minimum atomic E-state index is -0.0728. The van der Waals surface area contributed by atoms with Crippen molar-refractivity contribution in [1.82, 2.24) is 19.3 Å². The molecule has 4 aromatic heterocycles. The predicted molar refractivity (Wildman–Crippen MR) is 126 cm³/mol. The van der Waals surface area contributed by atoms with Gasteiger partial charge < -0.3 is 9.80 Å². The predicted octanol–water partition coefficient (Wildman–Crippen LogP) is 3.15. The van der Waals surface area contributed by atoms with Gasteiger partial charge in [0, 0.05) is 43.4 Å². The molecule has 0 spiro atoms. The van der Waals surface area contributed by atoms with E-state index in [0.717, 1.165) is 54.8 Å². The van der Waals surface area contributed by atoms with Crippen LogP contribution in [0.4, 0.5) is 5.82 Å². The standard InChI is InChI=1S/C24H23N5O2S/c30-23(28-14-12-27(13-15-28)19-9-3-4-10-25-19)17-7-5-11-29-21(17)26-22-20(24(29)31)16-6-1-2-8-18(16)32-22/h3-5,7,9-11H,1-2,6,8,12-15H2. The van der Waals surface area contributed by atoms with Gasteiger partial charge in [-0.05, 0) is 55.5 Å². The van der Waals surface area contributed by atoms with E-state index >= 15 is 0 Å². The van der Waals surface area contributed by atoms with E-state index in [0.29, 0.717) is 24.3 Å². The Kier molecular flexibility index (Phi) is 4.68. The number of hydrogen-bond acceptors (Lipinski definition) is 6. The maximum absolute atomic E-state index is 13.4. The van der Waals surface area contributed by atoms with Gasteiger partial charge in [0.15, 0.2) is 5.65 Å². The van der Waals surface area contributed by atoms with Crippen LogP contribution in [0.2, 0.25) is 0 Å². The van der Waals surface area contributed by atoms with Crippen LogP contribution in [0.1, 0.15) is 33.6 Å². The second kappa shape index (κ2) is 7.70. The van der Waals surface area contributed by atoms with Crippen molar-refractivity contribution in [3.05, 3.63) is 69.1 Å². The van der Waals surface area contributed by atoms with Crippen LogP contribution in [0.5, 0.6) is 0 Å². The SMILES string of the molecule is O=C(c1cccn2c(=O)c3c4c(sc3nc12)CCCC4)N1CCN(c2ccccn2)CC1. The fourth-order valence-corrected chi connectivity index (χ4v) is 6.11. The lowest BCUT2D eigenvalue weighted by Crippen LogP contribution is -2.49. The number of amides is 1. The average Bonchev–Trinajstić information content (AvgIpc) is 3.23. The Balaban J connectivity index is 1.35. The Hall–Kier alpha value is -3.26. The molecule has 162 valence electrons. The summed E-state index contributed by atoms with van der Waals surface area (Å²) in [5, 5.41) is 0.746. The molecule has 7 nitrogen and oxygen atoms in total. The van der Waals surface area contributed by atoms with Crippen LogP contribution in [-0.2, 0) is 12.8 Å². The molecule has 0 aromatic carbocycles. The largest absolute Gasteiger partial charge is 0.353 e. The van der Waals surface area contributed by atoms with Gasteiger partial charge in [-0.1, -0.05) is 6.07 Å². The molecular formula is C24H23N5O2S. The number of hydrogen-bond donors (Lipinski definition) is 0. The molecule has 1 aliphatic carbocycles. The van der Waals surface area contributed by atoms with E-state index in [1.165, 1.54) is 10.4 Å². The van der Waals surface area contributed by atoms with Gasteiger partial charge in [-0.15, -0.1) is 11.3 Å². The molecule has 0 N–H and O–H groups in total. The van der Waals surface area contributed by atoms with Gasteiger partial charge >= 0.3 is 0 Å². The summed E-state index contributed by atoms with van der Waals surface area (Å²) in [6.45, 7) is 2.66. The fraction of sp³-hybridized carbons (Fsp3) is 0.333. The molecule has 32 heavy (non-hydrogen) atoms. The number of aryl methyl sites for hydroxylation is 2. The molecular weight excluding hydrogens is 422 g/mol. The highest BCUT2D eigenvalue weighted by Crippen LogP contribution is 2.34. The number of piperazine rings is 1. The van der Waals surface area contributed by atoms with Crippen molar-refractivity contribution < 1.29 is 4.79 Å². The molecule has 0 bridgehead atoms. The summed E-state index contributed by atoms with van der Waals surface area (Å²) in [7, 11) is 0. The second-order valence-electron chi connectivity index (χ2n) is 8.39. The number of anilines is 1. The van der Waals surface area contributed by atoms with E-state index in [9.17, 15) is 9.59 Å². The van der Waals surface area contributed by atoms with E-state index in [-0.39, 0.29) is 11.5 Å². The third-order valence-electron chi connectivity index (χ3n) is 6.53. The quantitative estimate of drug-likeness (QED) is 0.474. The smallest absolute Gasteiger partial charge is 0.266 e. The highest BCUT2D eigenvalue weighted by molar-refractivity contribution is 7.18. The summed E-state index contributed by atoms with van der Waals surface area (Å²) in [6.07, 6.45) is 7.75. The second-order valence-corrected chi connectivity index (χ2v) is 9.47. The number of aromatic nitrogens is 3. The van der Waals surface area contributed by atoms with Crippen LogP contribution in [0.25, 0.3) is 15.9 Å². The zero-order valence-corrected chi connectivity index (χ0v) is 18.5. The molecule has 5 heterocycles. The van der Waals surface area contributed by atoms with Crippen molar-refractivity contribution in [3.63, 3.8) is 0 Å². The van der Waals surface area contributed by atoms with Crippen LogP contribution < -0.4 is 10.5 Å². The van der Waals surface area contributed by atoms with Crippen molar-refractivity contribution in [1.29, 1.82) is 0 Å². The lowest BCUT2D eigenvalue weighted by atomic mass is 9.97. The molecule has 6 rings (SSSR count). The van der Waals surface area contributed by atoms with E-state index in [1.54, 1.807) is 40.3 Å². The van der Waals surface area contributed by atoms with Crippen molar-refractivity contribution in [2.45, 2.75) is 25.7 Å². The minimum Gasteiger partial charge on any atom is -0.353 e. The maximum atomic E-state index is 13.4. The Labute approximate surface area is 188 Å². The summed E-state index contributed by atoms with van der Waals surface area (Å²) in [4.78, 5) is 42.1. The third-order valence-corrected chi connectivity index (χ3v) is 7.72. The lowest BCUT2D eigenvalue weighted by molar-refractivity contribution is 0.0748. The van der Waals surface area contributed by atoms with Gasteiger partial charge in [-0.3, -0.25) is 14.0 Å². The Morgan fingerprint density at radius 3 is 2.66 bits per heavy atom. The average molecular weight is 446 g/mol. The summed E-state index contributed by atoms with van der Waals surface area (Å²) >= 11 is 1.62. The monoisotopic (exact) mass is 445 g/mol. The van der Waals surface area contributed by atoms with Crippen LogP contribution in [0.3, 0.4) is 0 Å². The van der Waals surface area contributed by atoms with Crippen molar-refractivity contribution in [3.8, 4) is 0 Å². The maximum Gasteiger partial charge on any atom is 0.266 e. The highest BCUT2D eigenvalue weighted by atomic mass is 32.1. The van der Waals surface area contributed by atoms with Gasteiger partial charge in [0.2, 0.25) is 0 Å². The summed E-state index contributed by atoms with van der Waals surface area (Å²) in [5.74, 6) is 0.860. The van der Waals surface area contributed by atoms with Crippen molar-refractivity contribution in [2.75, 3.05) is 31.1 Å². The highest BCUT2D eigenvalue weighted by Gasteiger charge is 2.26. The van der Waals surface area contributed by atoms with Crippen molar-refractivity contribution in [2.24, 2.45) is 0 Å². The van der Waals surface area contributed by atoms with Crippen LogP contribution in [0.15, 0.2) is 47.5 Å². The van der Waals surface area contributed by atoms with Crippen molar-refractivity contribution >= 4 is 38.9 Å². The number of rotatable bonds is 2. The van der Waals surface area contributed by atoms with Gasteiger partial charge in [0.1, 0.15) is 10.6 Å². The first-order valence-corrected chi connectivity index (χ1v) is 11.9. The Morgan fingerprint density at radius 2 is 1.84 bits per heavy atom. The molecule has 4 aromatic rings. The van der Waals surface area contributed by atoms with Gasteiger partial charge in [-0.2, -0.15) is 0 Å². The minimum absolute atomic E-state index is 0.0565. The molecule has 1 amide bonds. The molecule has 0 radical (unpaired) electrons. The molecule has 1 aliphatic heterocycles. The van der Waals surface area contributed by atoms with Crippen LogP contribution in [0, 0.1) is 0 Å². The first-order chi connectivity index (χ1) is 15.7. The van der Waals surface area contributed by atoms with E-state index < -0.39 is 0 Å². The normalized spacial score (nSPS) is 16.5. The van der Waals surface area contributed by atoms with E-state index in [2.05, 4.69) is 9.88 Å². The lowest BCUT2D eigenvalue weighted by Gasteiger charge is -2.35. The molecule has 2 aliphatic rings. The molecule has 1 saturated heterocycles. The first-order valence-electron chi connectivity index (χ1n) is 11.1. The van der Waals surface area contributed by atoms with E-state index in [1.807, 2.05) is 23.1 Å². The van der Waals surface area contributed by atoms with Crippen LogP contribution in [-0.4, -0.2) is 51.4 Å². The third kappa shape index (κ3) is 3.09. The summed E-state index contributed by atoms with van der Waals surface area (Å²) in [5.41, 5.74) is 2.06. The molecule has 0 atom stereocenters. The first kappa shape index (κ1) is 19.4. The summed E-state index contributed by atoms with van der Waals surface area (Å²) in [6, 6.07) is 9.43. The Bertz CT molecular complexity index is 1390. The zero-order chi connectivity index (χ0) is 21.7. The number of thiophene rings is 1. The van der Waals surface area contributed by atoms with Gasteiger partial charge in [0.25, 0.3) is 11.5 Å². The van der Waals surface area contributed by atoms with Gasteiger partial charge in [-0.25, -0.2) is 9.97 Å². The summed E-state index contributed by atoms with van der Waals surface area (Å²) < 4.78 is 1.56. The number of fused-ring (bicyclic) bond motifs is 4.